The van der Waals surface area contributed by atoms with Crippen molar-refractivity contribution in [1.29, 1.82) is 0 Å². The van der Waals surface area contributed by atoms with Gasteiger partial charge in [0.15, 0.2) is 0 Å². The van der Waals surface area contributed by atoms with Gasteiger partial charge >= 0.3 is 0 Å². The topological polar surface area (TPSA) is 59.6 Å². The van der Waals surface area contributed by atoms with E-state index in [4.69, 9.17) is 9.47 Å². The molecule has 5 nitrogen and oxygen atoms in total. The third-order valence-corrected chi connectivity index (χ3v) is 3.28. The van der Waals surface area contributed by atoms with Crippen LogP contribution in [-0.4, -0.2) is 38.8 Å². The van der Waals surface area contributed by atoms with Gasteiger partial charge in [0.2, 0.25) is 5.91 Å². The first-order chi connectivity index (χ1) is 9.70. The molecule has 0 bridgehead atoms. The minimum absolute atomic E-state index is 0.0157. The maximum Gasteiger partial charge on any atom is 0.228 e. The predicted octanol–water partition coefficient (Wildman–Crippen LogP) is 1.65. The molecule has 0 radical (unpaired) electrons. The van der Waals surface area contributed by atoms with E-state index in [9.17, 15) is 4.79 Å². The summed E-state index contributed by atoms with van der Waals surface area (Å²) in [6.45, 7) is 3.88. The molecule has 1 aromatic carbocycles. The standard InChI is InChI=1S/C15H22N2O3/c1-11(9-16-2)15(18)17-13-5-3-4-6-14(13)20-12-7-8-19-10-12/h3-6,11-12,16H,7-10H2,1-2H3,(H,17,18). The zero-order chi connectivity index (χ0) is 14.4. The molecule has 1 amide bonds. The Bertz CT molecular complexity index is 444. The number of amides is 1. The van der Waals surface area contributed by atoms with E-state index in [1.54, 1.807) is 0 Å². The molecular weight excluding hydrogens is 256 g/mol. The van der Waals surface area contributed by atoms with Crippen LogP contribution in [0.4, 0.5) is 5.69 Å². The van der Waals surface area contributed by atoms with E-state index in [0.29, 0.717) is 24.6 Å². The first-order valence-electron chi connectivity index (χ1n) is 6.99. The summed E-state index contributed by atoms with van der Waals surface area (Å²) in [5.74, 6) is 0.592. The Morgan fingerprint density at radius 2 is 2.30 bits per heavy atom. The minimum Gasteiger partial charge on any atom is -0.486 e. The van der Waals surface area contributed by atoms with Gasteiger partial charge in [-0.25, -0.2) is 0 Å². The fourth-order valence-corrected chi connectivity index (χ4v) is 2.11. The average molecular weight is 278 g/mol. The molecule has 1 saturated heterocycles. The SMILES string of the molecule is CNCC(C)C(=O)Nc1ccccc1OC1CCOC1. The van der Waals surface area contributed by atoms with Gasteiger partial charge in [-0.2, -0.15) is 0 Å². The Hall–Kier alpha value is -1.59. The number of hydrogen-bond donors (Lipinski definition) is 2. The molecule has 1 aromatic rings. The van der Waals surface area contributed by atoms with Crippen molar-refractivity contribution in [3.8, 4) is 5.75 Å². The molecule has 2 atom stereocenters. The zero-order valence-corrected chi connectivity index (χ0v) is 12.0. The summed E-state index contributed by atoms with van der Waals surface area (Å²) in [5.41, 5.74) is 0.715. The third kappa shape index (κ3) is 3.95. The summed E-state index contributed by atoms with van der Waals surface area (Å²) in [6.07, 6.45) is 0.959. The van der Waals surface area contributed by atoms with E-state index in [2.05, 4.69) is 10.6 Å². The molecule has 1 fully saturated rings. The van der Waals surface area contributed by atoms with Crippen LogP contribution in [0.2, 0.25) is 0 Å². The van der Waals surface area contributed by atoms with Crippen LogP contribution < -0.4 is 15.4 Å². The Kier molecular flexibility index (Phi) is 5.38. The van der Waals surface area contributed by atoms with E-state index in [1.165, 1.54) is 0 Å². The number of para-hydroxylation sites is 2. The average Bonchev–Trinajstić information content (AvgIpc) is 2.94. The molecule has 0 saturated carbocycles. The molecule has 5 heteroatoms. The Morgan fingerprint density at radius 1 is 1.50 bits per heavy atom. The molecule has 110 valence electrons. The number of hydrogen-bond acceptors (Lipinski definition) is 4. The summed E-state index contributed by atoms with van der Waals surface area (Å²) in [4.78, 5) is 12.1. The van der Waals surface area contributed by atoms with Crippen LogP contribution in [0.25, 0.3) is 0 Å². The highest BCUT2D eigenvalue weighted by Gasteiger charge is 2.19. The van der Waals surface area contributed by atoms with Crippen LogP contribution in [-0.2, 0) is 9.53 Å². The van der Waals surface area contributed by atoms with E-state index in [1.807, 2.05) is 38.2 Å². The molecule has 1 aliphatic rings. The summed E-state index contributed by atoms with van der Waals surface area (Å²) >= 11 is 0. The Morgan fingerprint density at radius 3 is 3.00 bits per heavy atom. The highest BCUT2D eigenvalue weighted by Crippen LogP contribution is 2.26. The van der Waals surface area contributed by atoms with Gasteiger partial charge in [-0.05, 0) is 19.2 Å². The molecule has 20 heavy (non-hydrogen) atoms. The quantitative estimate of drug-likeness (QED) is 0.830. The van der Waals surface area contributed by atoms with Gasteiger partial charge in [-0.1, -0.05) is 19.1 Å². The van der Waals surface area contributed by atoms with Gasteiger partial charge in [0, 0.05) is 18.9 Å². The summed E-state index contributed by atoms with van der Waals surface area (Å²) in [7, 11) is 1.83. The zero-order valence-electron chi connectivity index (χ0n) is 12.0. The van der Waals surface area contributed by atoms with Crippen LogP contribution in [0, 0.1) is 5.92 Å². The number of rotatable bonds is 6. The van der Waals surface area contributed by atoms with E-state index in [0.717, 1.165) is 13.0 Å². The molecule has 1 heterocycles. The largest absolute Gasteiger partial charge is 0.486 e. The lowest BCUT2D eigenvalue weighted by Gasteiger charge is -2.17. The predicted molar refractivity (Wildman–Crippen MR) is 78.0 cm³/mol. The fraction of sp³-hybridized carbons (Fsp3) is 0.533. The minimum atomic E-state index is -0.0946. The van der Waals surface area contributed by atoms with Crippen molar-refractivity contribution in [3.05, 3.63) is 24.3 Å². The van der Waals surface area contributed by atoms with Gasteiger partial charge in [-0.15, -0.1) is 0 Å². The highest BCUT2D eigenvalue weighted by atomic mass is 16.5. The number of carbonyl (C=O) groups is 1. The Balaban J connectivity index is 2.01. The van der Waals surface area contributed by atoms with Crippen molar-refractivity contribution >= 4 is 11.6 Å². The summed E-state index contributed by atoms with van der Waals surface area (Å²) < 4.78 is 11.2. The van der Waals surface area contributed by atoms with Crippen molar-refractivity contribution in [2.24, 2.45) is 5.92 Å². The second-order valence-corrected chi connectivity index (χ2v) is 5.05. The number of ether oxygens (including phenoxy) is 2. The fourth-order valence-electron chi connectivity index (χ4n) is 2.11. The van der Waals surface area contributed by atoms with Crippen LogP contribution in [0.5, 0.6) is 5.75 Å². The van der Waals surface area contributed by atoms with Gasteiger partial charge in [-0.3, -0.25) is 4.79 Å². The van der Waals surface area contributed by atoms with E-state index >= 15 is 0 Å². The van der Waals surface area contributed by atoms with Crippen molar-refractivity contribution in [2.45, 2.75) is 19.4 Å². The molecule has 0 aromatic heterocycles. The number of nitrogens with one attached hydrogen (secondary N) is 2. The lowest BCUT2D eigenvalue weighted by molar-refractivity contribution is -0.119. The van der Waals surface area contributed by atoms with Crippen LogP contribution >= 0.6 is 0 Å². The summed E-state index contributed by atoms with van der Waals surface area (Å²) in [5, 5.41) is 5.92. The van der Waals surface area contributed by atoms with E-state index < -0.39 is 0 Å². The van der Waals surface area contributed by atoms with Crippen LogP contribution in [0.1, 0.15) is 13.3 Å². The van der Waals surface area contributed by atoms with Gasteiger partial charge < -0.3 is 20.1 Å². The molecule has 2 rings (SSSR count). The van der Waals surface area contributed by atoms with Crippen LogP contribution in [0.15, 0.2) is 24.3 Å². The second-order valence-electron chi connectivity index (χ2n) is 5.05. The van der Waals surface area contributed by atoms with E-state index in [-0.39, 0.29) is 17.9 Å². The number of anilines is 1. The molecule has 2 unspecified atom stereocenters. The number of benzene rings is 1. The lowest BCUT2D eigenvalue weighted by Crippen LogP contribution is -2.29. The molecule has 2 N–H and O–H groups in total. The van der Waals surface area contributed by atoms with Crippen LogP contribution in [0.3, 0.4) is 0 Å². The summed E-state index contributed by atoms with van der Waals surface area (Å²) in [6, 6.07) is 7.51. The van der Waals surface area contributed by atoms with Gasteiger partial charge in [0.1, 0.15) is 11.9 Å². The first-order valence-corrected chi connectivity index (χ1v) is 6.99. The molecular formula is C15H22N2O3. The number of carbonyl (C=O) groups excluding carboxylic acids is 1. The molecule has 0 spiro atoms. The van der Waals surface area contributed by atoms with Crippen molar-refractivity contribution < 1.29 is 14.3 Å². The third-order valence-electron chi connectivity index (χ3n) is 3.28. The van der Waals surface area contributed by atoms with Crippen molar-refractivity contribution in [3.63, 3.8) is 0 Å². The lowest BCUT2D eigenvalue weighted by atomic mass is 10.1. The first kappa shape index (κ1) is 14.8. The smallest absolute Gasteiger partial charge is 0.228 e. The maximum absolute atomic E-state index is 12.1. The Labute approximate surface area is 119 Å². The molecule has 0 aliphatic carbocycles. The second kappa shape index (κ2) is 7.26. The van der Waals surface area contributed by atoms with Crippen molar-refractivity contribution in [2.75, 3.05) is 32.1 Å². The highest BCUT2D eigenvalue weighted by molar-refractivity contribution is 5.93. The normalized spacial score (nSPS) is 19.6. The van der Waals surface area contributed by atoms with Crippen molar-refractivity contribution in [1.82, 2.24) is 5.32 Å². The maximum atomic E-state index is 12.1. The monoisotopic (exact) mass is 278 g/mol. The van der Waals surface area contributed by atoms with Gasteiger partial charge in [0.05, 0.1) is 18.9 Å². The van der Waals surface area contributed by atoms with Gasteiger partial charge in [0.25, 0.3) is 0 Å². The molecule has 1 aliphatic heterocycles.